The van der Waals surface area contributed by atoms with Crippen molar-refractivity contribution in [1.82, 2.24) is 24.9 Å². The molecule has 0 saturated heterocycles. The third-order valence-electron chi connectivity index (χ3n) is 3.32. The number of aryl methyl sites for hydroxylation is 2. The number of amides is 2. The molecular weight excluding hydrogens is 316 g/mol. The van der Waals surface area contributed by atoms with E-state index >= 15 is 0 Å². The first-order valence-electron chi connectivity index (χ1n) is 7.23. The van der Waals surface area contributed by atoms with Gasteiger partial charge in [-0.25, -0.2) is 4.79 Å². The average Bonchev–Trinajstić information content (AvgIpc) is 3.08. The SMILES string of the molecule is CCCNC(=O)c1c(NC(=O)c2c(C(=O)O)cnn2C)cnn1C. The number of carbonyl (C=O) groups is 3. The van der Waals surface area contributed by atoms with Crippen LogP contribution in [0.3, 0.4) is 0 Å². The maximum absolute atomic E-state index is 12.4. The summed E-state index contributed by atoms with van der Waals surface area (Å²) in [6, 6.07) is 0. The molecule has 2 aromatic rings. The molecule has 24 heavy (non-hydrogen) atoms. The number of hydrogen-bond acceptors (Lipinski definition) is 5. The second-order valence-corrected chi connectivity index (χ2v) is 5.08. The van der Waals surface area contributed by atoms with Gasteiger partial charge in [-0.05, 0) is 6.42 Å². The summed E-state index contributed by atoms with van der Waals surface area (Å²) in [5.41, 5.74) is 0.0200. The van der Waals surface area contributed by atoms with Crippen LogP contribution in [0.5, 0.6) is 0 Å². The molecule has 0 radical (unpaired) electrons. The molecule has 0 unspecified atom stereocenters. The van der Waals surface area contributed by atoms with Gasteiger partial charge in [-0.3, -0.25) is 19.0 Å². The highest BCUT2D eigenvalue weighted by atomic mass is 16.4. The van der Waals surface area contributed by atoms with Gasteiger partial charge in [-0.15, -0.1) is 0 Å². The van der Waals surface area contributed by atoms with Gasteiger partial charge in [-0.2, -0.15) is 10.2 Å². The van der Waals surface area contributed by atoms with Crippen LogP contribution in [0.4, 0.5) is 5.69 Å². The molecule has 0 fully saturated rings. The highest BCUT2D eigenvalue weighted by Gasteiger charge is 2.24. The third kappa shape index (κ3) is 3.26. The number of nitrogens with one attached hydrogen (secondary N) is 2. The summed E-state index contributed by atoms with van der Waals surface area (Å²) in [5, 5.41) is 22.1. The van der Waals surface area contributed by atoms with Gasteiger partial charge >= 0.3 is 5.97 Å². The summed E-state index contributed by atoms with van der Waals surface area (Å²) in [6.07, 6.45) is 3.19. The van der Waals surface area contributed by atoms with Crippen LogP contribution < -0.4 is 10.6 Å². The zero-order valence-electron chi connectivity index (χ0n) is 13.5. The van der Waals surface area contributed by atoms with Crippen molar-refractivity contribution < 1.29 is 19.5 Å². The predicted molar refractivity (Wildman–Crippen MR) is 84.0 cm³/mol. The van der Waals surface area contributed by atoms with Crippen LogP contribution in [-0.2, 0) is 14.1 Å². The van der Waals surface area contributed by atoms with E-state index in [1.165, 1.54) is 17.9 Å². The molecule has 0 aliphatic rings. The number of rotatable bonds is 6. The Labute approximate surface area is 137 Å². The van der Waals surface area contributed by atoms with Crippen molar-refractivity contribution in [3.05, 3.63) is 29.3 Å². The fraction of sp³-hybridized carbons (Fsp3) is 0.357. The third-order valence-corrected chi connectivity index (χ3v) is 3.32. The Hall–Kier alpha value is -3.17. The standard InChI is InChI=1S/C14H18N6O4/c1-4-5-15-12(21)11-9(7-17-20(11)3)18-13(22)10-8(14(23)24)6-16-19(10)2/h6-7H,4-5H2,1-3H3,(H,15,21)(H,18,22)(H,23,24). The fourth-order valence-corrected chi connectivity index (χ4v) is 2.17. The number of carboxylic acid groups (broad SMARTS) is 1. The topological polar surface area (TPSA) is 131 Å². The predicted octanol–water partition coefficient (Wildman–Crippen LogP) is 0.244. The summed E-state index contributed by atoms with van der Waals surface area (Å²) in [7, 11) is 3.03. The molecule has 10 nitrogen and oxygen atoms in total. The monoisotopic (exact) mass is 334 g/mol. The van der Waals surface area contributed by atoms with Crippen molar-refractivity contribution >= 4 is 23.5 Å². The zero-order valence-corrected chi connectivity index (χ0v) is 13.5. The van der Waals surface area contributed by atoms with Crippen LogP contribution >= 0.6 is 0 Å². The van der Waals surface area contributed by atoms with Gasteiger partial charge < -0.3 is 15.7 Å². The lowest BCUT2D eigenvalue weighted by atomic mass is 10.2. The lowest BCUT2D eigenvalue weighted by molar-refractivity contribution is 0.0692. The van der Waals surface area contributed by atoms with E-state index in [0.717, 1.165) is 17.3 Å². The summed E-state index contributed by atoms with van der Waals surface area (Å²) in [4.78, 5) is 35.8. The maximum Gasteiger partial charge on any atom is 0.339 e. The van der Waals surface area contributed by atoms with Crippen LogP contribution in [0.25, 0.3) is 0 Å². The number of anilines is 1. The first-order chi connectivity index (χ1) is 11.4. The Bertz CT molecular complexity index is 791. The van der Waals surface area contributed by atoms with E-state index in [-0.39, 0.29) is 28.5 Å². The molecule has 2 aromatic heterocycles. The number of hydrogen-bond donors (Lipinski definition) is 3. The van der Waals surface area contributed by atoms with E-state index in [9.17, 15) is 14.4 Å². The van der Waals surface area contributed by atoms with Gasteiger partial charge in [0.1, 0.15) is 17.0 Å². The Morgan fingerprint density at radius 2 is 1.71 bits per heavy atom. The molecule has 0 saturated carbocycles. The molecule has 3 N–H and O–H groups in total. The first kappa shape index (κ1) is 17.2. The number of carboxylic acids is 1. The van der Waals surface area contributed by atoms with Crippen molar-refractivity contribution in [2.24, 2.45) is 14.1 Å². The first-order valence-corrected chi connectivity index (χ1v) is 7.23. The quantitative estimate of drug-likeness (QED) is 0.693. The molecule has 0 spiro atoms. The van der Waals surface area contributed by atoms with Crippen LogP contribution in [0.1, 0.15) is 44.7 Å². The molecule has 2 amide bonds. The van der Waals surface area contributed by atoms with E-state index in [4.69, 9.17) is 5.11 Å². The van der Waals surface area contributed by atoms with Gasteiger partial charge in [0.15, 0.2) is 0 Å². The normalized spacial score (nSPS) is 10.5. The Morgan fingerprint density at radius 1 is 1.08 bits per heavy atom. The summed E-state index contributed by atoms with van der Waals surface area (Å²) < 4.78 is 2.49. The van der Waals surface area contributed by atoms with Gasteiger partial charge in [0.25, 0.3) is 11.8 Å². The van der Waals surface area contributed by atoms with E-state index in [2.05, 4.69) is 20.8 Å². The molecule has 10 heteroatoms. The number of aromatic nitrogens is 4. The maximum atomic E-state index is 12.4. The van der Waals surface area contributed by atoms with Gasteiger partial charge in [-0.1, -0.05) is 6.92 Å². The molecule has 0 aromatic carbocycles. The smallest absolute Gasteiger partial charge is 0.339 e. The van der Waals surface area contributed by atoms with E-state index in [0.29, 0.717) is 6.54 Å². The Kier molecular flexibility index (Phi) is 4.97. The fourth-order valence-electron chi connectivity index (χ4n) is 2.17. The molecule has 0 aliphatic carbocycles. The van der Waals surface area contributed by atoms with Crippen molar-refractivity contribution in [3.8, 4) is 0 Å². The van der Waals surface area contributed by atoms with Crippen LogP contribution in [0.2, 0.25) is 0 Å². The van der Waals surface area contributed by atoms with Crippen molar-refractivity contribution in [1.29, 1.82) is 0 Å². The largest absolute Gasteiger partial charge is 0.478 e. The van der Waals surface area contributed by atoms with Crippen molar-refractivity contribution in [2.75, 3.05) is 11.9 Å². The van der Waals surface area contributed by atoms with Gasteiger partial charge in [0.2, 0.25) is 0 Å². The van der Waals surface area contributed by atoms with Crippen molar-refractivity contribution in [2.45, 2.75) is 13.3 Å². The highest BCUT2D eigenvalue weighted by molar-refractivity contribution is 6.11. The van der Waals surface area contributed by atoms with Crippen LogP contribution in [0, 0.1) is 0 Å². The molecular formula is C14H18N6O4. The molecule has 0 bridgehead atoms. The lowest BCUT2D eigenvalue weighted by Gasteiger charge is -2.09. The molecule has 0 atom stereocenters. The van der Waals surface area contributed by atoms with Crippen LogP contribution in [-0.4, -0.2) is 49.0 Å². The summed E-state index contributed by atoms with van der Waals surface area (Å²) >= 11 is 0. The summed E-state index contributed by atoms with van der Waals surface area (Å²) in [6.45, 7) is 2.41. The number of nitrogens with zero attached hydrogens (tertiary/aromatic N) is 4. The molecule has 128 valence electrons. The molecule has 2 heterocycles. The highest BCUT2D eigenvalue weighted by Crippen LogP contribution is 2.17. The Morgan fingerprint density at radius 3 is 2.33 bits per heavy atom. The Balaban J connectivity index is 2.29. The average molecular weight is 334 g/mol. The van der Waals surface area contributed by atoms with E-state index in [1.54, 1.807) is 7.05 Å². The minimum Gasteiger partial charge on any atom is -0.478 e. The molecule has 0 aliphatic heterocycles. The second kappa shape index (κ2) is 6.94. The molecule has 2 rings (SSSR count). The van der Waals surface area contributed by atoms with E-state index in [1.807, 2.05) is 6.92 Å². The lowest BCUT2D eigenvalue weighted by Crippen LogP contribution is -2.28. The summed E-state index contributed by atoms with van der Waals surface area (Å²) in [5.74, 6) is -2.33. The number of carbonyl (C=O) groups excluding carboxylic acids is 2. The zero-order chi connectivity index (χ0) is 17.9. The minimum atomic E-state index is -1.26. The van der Waals surface area contributed by atoms with Crippen molar-refractivity contribution in [3.63, 3.8) is 0 Å². The van der Waals surface area contributed by atoms with Gasteiger partial charge in [0.05, 0.1) is 18.1 Å². The van der Waals surface area contributed by atoms with E-state index < -0.39 is 11.9 Å². The second-order valence-electron chi connectivity index (χ2n) is 5.08. The minimum absolute atomic E-state index is 0.119. The van der Waals surface area contributed by atoms with Gasteiger partial charge in [0, 0.05) is 20.6 Å². The van der Waals surface area contributed by atoms with Crippen LogP contribution in [0.15, 0.2) is 12.4 Å². The number of aromatic carboxylic acids is 1.